The van der Waals surface area contributed by atoms with Gasteiger partial charge in [-0.15, -0.1) is 0 Å². The van der Waals surface area contributed by atoms with Crippen molar-refractivity contribution in [1.29, 1.82) is 0 Å². The maximum absolute atomic E-state index is 11.9. The molecule has 126 valence electrons. The predicted octanol–water partition coefficient (Wildman–Crippen LogP) is 2.79. The highest BCUT2D eigenvalue weighted by Gasteiger charge is 2.36. The number of carbonyl (C=O) groups is 3. The lowest BCUT2D eigenvalue weighted by atomic mass is 10.1. The van der Waals surface area contributed by atoms with E-state index in [1.807, 2.05) is 26.0 Å². The number of carboxylic acid groups (broad SMARTS) is 1. The third-order valence-corrected chi connectivity index (χ3v) is 7.01. The van der Waals surface area contributed by atoms with E-state index in [2.05, 4.69) is 0 Å². The molecule has 8 heteroatoms. The Labute approximate surface area is 143 Å². The van der Waals surface area contributed by atoms with Crippen LogP contribution in [-0.4, -0.2) is 43.0 Å². The third kappa shape index (κ3) is 4.78. The molecule has 0 spiro atoms. The molecule has 2 aliphatic heterocycles. The molecule has 1 unspecified atom stereocenters. The lowest BCUT2D eigenvalue weighted by molar-refractivity contribution is -0.153. The second kappa shape index (κ2) is 7.44. The van der Waals surface area contributed by atoms with E-state index < -0.39 is 5.97 Å². The molecular weight excluding hydrogens is 336 g/mol. The Morgan fingerprint density at radius 1 is 1.30 bits per heavy atom. The topological polar surface area (TPSA) is 77.9 Å². The van der Waals surface area contributed by atoms with Crippen LogP contribution in [-0.2, 0) is 14.4 Å². The van der Waals surface area contributed by atoms with Crippen molar-refractivity contribution in [3.8, 4) is 0 Å². The molecule has 0 radical (unpaired) electrons. The van der Waals surface area contributed by atoms with Gasteiger partial charge in [0.2, 0.25) is 11.8 Å². The zero-order valence-corrected chi connectivity index (χ0v) is 14.7. The van der Waals surface area contributed by atoms with E-state index in [9.17, 15) is 14.4 Å². The summed E-state index contributed by atoms with van der Waals surface area (Å²) in [6.07, 6.45) is 8.48. The Bertz CT molecular complexity index is 544. The van der Waals surface area contributed by atoms with Gasteiger partial charge in [0, 0.05) is 30.2 Å². The summed E-state index contributed by atoms with van der Waals surface area (Å²) in [4.78, 5) is 34.6. The zero-order valence-electron chi connectivity index (χ0n) is 13.1. The van der Waals surface area contributed by atoms with E-state index in [1.165, 1.54) is 15.8 Å². The second-order valence-corrected chi connectivity index (χ2v) is 8.95. The van der Waals surface area contributed by atoms with Gasteiger partial charge in [-0.05, 0) is 32.4 Å². The Morgan fingerprint density at radius 2 is 1.96 bits per heavy atom. The molecule has 2 rings (SSSR count). The molecule has 1 fully saturated rings. The smallest absolute Gasteiger partial charge is 0.303 e. The summed E-state index contributed by atoms with van der Waals surface area (Å²) in [5.41, 5.74) is 0. The van der Waals surface area contributed by atoms with E-state index in [0.29, 0.717) is 6.42 Å². The number of amides is 2. The van der Waals surface area contributed by atoms with Crippen LogP contribution < -0.4 is 0 Å². The Kier molecular flexibility index (Phi) is 5.80. The summed E-state index contributed by atoms with van der Waals surface area (Å²) in [6, 6.07) is 0. The molecule has 6 nitrogen and oxygen atoms in total. The van der Waals surface area contributed by atoms with Crippen molar-refractivity contribution >= 4 is 39.4 Å². The predicted molar refractivity (Wildman–Crippen MR) is 91.1 cm³/mol. The molecule has 0 saturated carbocycles. The summed E-state index contributed by atoms with van der Waals surface area (Å²) in [5.74, 6) is -1.18. The summed E-state index contributed by atoms with van der Waals surface area (Å²) >= 11 is 0. The summed E-state index contributed by atoms with van der Waals surface area (Å²) in [7, 11) is 3.09. The molecule has 0 aliphatic carbocycles. The van der Waals surface area contributed by atoms with Crippen LogP contribution in [0.15, 0.2) is 24.4 Å². The van der Waals surface area contributed by atoms with Gasteiger partial charge in [-0.1, -0.05) is 27.7 Å². The molecule has 1 saturated heterocycles. The fraction of sp³-hybridized carbons (Fsp3) is 0.533. The fourth-order valence-corrected chi connectivity index (χ4v) is 4.91. The van der Waals surface area contributed by atoms with Crippen LogP contribution in [0.5, 0.6) is 0 Å². The average Bonchev–Trinajstić information content (AvgIpc) is 2.83. The van der Waals surface area contributed by atoms with E-state index in [0.717, 1.165) is 0 Å². The van der Waals surface area contributed by atoms with Crippen LogP contribution in [0.1, 0.15) is 39.5 Å². The van der Waals surface area contributed by atoms with Crippen LogP contribution in [0.25, 0.3) is 0 Å². The van der Waals surface area contributed by atoms with Gasteiger partial charge in [-0.25, -0.2) is 0 Å². The zero-order chi connectivity index (χ0) is 17.0. The number of hydrogen-bond donors (Lipinski definition) is 1. The molecule has 23 heavy (non-hydrogen) atoms. The van der Waals surface area contributed by atoms with Crippen LogP contribution >= 0.6 is 21.6 Å². The first kappa shape index (κ1) is 17.9. The summed E-state index contributed by atoms with van der Waals surface area (Å²) in [5, 5.41) is 11.5. The normalized spacial score (nSPS) is 21.4. The van der Waals surface area contributed by atoms with Crippen molar-refractivity contribution in [2.24, 2.45) is 0 Å². The molecule has 2 heterocycles. The average molecular weight is 356 g/mol. The van der Waals surface area contributed by atoms with Gasteiger partial charge in [-0.3, -0.25) is 19.4 Å². The lowest BCUT2D eigenvalue weighted by Gasteiger charge is -2.36. The highest BCUT2D eigenvalue weighted by atomic mass is 33.1. The first-order chi connectivity index (χ1) is 10.8. The molecule has 2 aliphatic rings. The minimum Gasteiger partial charge on any atom is -0.481 e. The number of carbonyl (C=O) groups excluding carboxylic acids is 2. The molecule has 0 bridgehead atoms. The molecule has 1 atom stereocenters. The number of allylic oxidation sites excluding steroid dienone is 2. The number of aliphatic carboxylic acids is 1. The van der Waals surface area contributed by atoms with E-state index in [4.69, 9.17) is 5.11 Å². The lowest BCUT2D eigenvalue weighted by Crippen LogP contribution is -2.47. The Balaban J connectivity index is 1.98. The molecule has 2 amide bonds. The van der Waals surface area contributed by atoms with E-state index in [-0.39, 0.29) is 41.2 Å². The minimum atomic E-state index is -0.806. The monoisotopic (exact) mass is 356 g/mol. The van der Waals surface area contributed by atoms with Crippen LogP contribution in [0.4, 0.5) is 0 Å². The quantitative estimate of drug-likeness (QED) is 0.555. The van der Waals surface area contributed by atoms with Gasteiger partial charge in [0.05, 0.1) is 0 Å². The van der Waals surface area contributed by atoms with Crippen molar-refractivity contribution in [1.82, 2.24) is 10.0 Å². The third-order valence-electron chi connectivity index (χ3n) is 3.46. The first-order valence-electron chi connectivity index (χ1n) is 7.35. The molecule has 1 N–H and O–H groups in total. The highest BCUT2D eigenvalue weighted by molar-refractivity contribution is 8.77. The van der Waals surface area contributed by atoms with E-state index in [1.54, 1.807) is 28.1 Å². The Hall–Kier alpha value is -1.41. The first-order valence-corrected chi connectivity index (χ1v) is 9.57. The number of hydrogen-bond acceptors (Lipinski definition) is 6. The fourth-order valence-electron chi connectivity index (χ4n) is 2.18. The maximum Gasteiger partial charge on any atom is 0.303 e. The minimum absolute atomic E-state index is 0.119. The van der Waals surface area contributed by atoms with Crippen molar-refractivity contribution in [3.05, 3.63) is 24.4 Å². The summed E-state index contributed by atoms with van der Waals surface area (Å²) < 4.78 is -0.219. The van der Waals surface area contributed by atoms with Gasteiger partial charge in [0.15, 0.2) is 0 Å². The standard InChI is InChI=1S/C15H20N2O4S2/c1-15(2,9-8-14(20)21)23-22-13-5-3-4-10-16(13)17-11(18)6-7-12(17)19/h3-5,10,13H,6-9H2,1-2H3,(H,20,21). The molecule has 0 aromatic carbocycles. The largest absolute Gasteiger partial charge is 0.481 e. The Morgan fingerprint density at radius 3 is 2.57 bits per heavy atom. The number of carboxylic acids is 1. The number of hydrazine groups is 1. The van der Waals surface area contributed by atoms with Gasteiger partial charge in [0.25, 0.3) is 0 Å². The number of imide groups is 1. The second-order valence-electron chi connectivity index (χ2n) is 5.93. The van der Waals surface area contributed by atoms with Crippen LogP contribution in [0.3, 0.4) is 0 Å². The van der Waals surface area contributed by atoms with Crippen LogP contribution in [0, 0.1) is 0 Å². The molecule has 0 aromatic heterocycles. The van der Waals surface area contributed by atoms with E-state index >= 15 is 0 Å². The number of nitrogens with zero attached hydrogens (tertiary/aromatic N) is 2. The SMILES string of the molecule is CC(C)(CCC(=O)O)SSC1C=CC=CN1N1C(=O)CCC1=O. The van der Waals surface area contributed by atoms with Crippen molar-refractivity contribution in [2.75, 3.05) is 0 Å². The van der Waals surface area contributed by atoms with Gasteiger partial charge >= 0.3 is 5.97 Å². The van der Waals surface area contributed by atoms with Gasteiger partial charge < -0.3 is 5.11 Å². The van der Waals surface area contributed by atoms with Crippen molar-refractivity contribution in [2.45, 2.75) is 49.7 Å². The number of rotatable bonds is 7. The van der Waals surface area contributed by atoms with Gasteiger partial charge in [0.1, 0.15) is 5.37 Å². The van der Waals surface area contributed by atoms with Crippen LogP contribution in [0.2, 0.25) is 0 Å². The molecular formula is C15H20N2O4S2. The highest BCUT2D eigenvalue weighted by Crippen LogP contribution is 2.43. The van der Waals surface area contributed by atoms with Crippen molar-refractivity contribution < 1.29 is 19.5 Å². The molecule has 0 aromatic rings. The maximum atomic E-state index is 11.9. The van der Waals surface area contributed by atoms with Gasteiger partial charge in [-0.2, -0.15) is 5.01 Å². The summed E-state index contributed by atoms with van der Waals surface area (Å²) in [6.45, 7) is 3.99. The van der Waals surface area contributed by atoms with Crippen molar-refractivity contribution in [3.63, 3.8) is 0 Å².